The van der Waals surface area contributed by atoms with Crippen LogP contribution in [0.25, 0.3) is 11.0 Å². The van der Waals surface area contributed by atoms with Crippen LogP contribution in [-0.2, 0) is 6.54 Å². The standard InChI is InChI=1S/C16H14ClN3O2/c17-12-6-2-1-5-11(12)15(21)18-9-10-20-14-8-4-3-7-13(14)19-16(20)22/h1-8H,9-10H2,(H,18,21)(H,19,22). The van der Waals surface area contributed by atoms with E-state index in [0.29, 0.717) is 23.7 Å². The van der Waals surface area contributed by atoms with Gasteiger partial charge >= 0.3 is 5.69 Å². The van der Waals surface area contributed by atoms with Crippen molar-refractivity contribution in [1.29, 1.82) is 0 Å². The first-order valence-electron chi connectivity index (χ1n) is 6.87. The molecular weight excluding hydrogens is 302 g/mol. The van der Waals surface area contributed by atoms with Gasteiger partial charge in [0.25, 0.3) is 5.91 Å². The van der Waals surface area contributed by atoms with Crippen LogP contribution in [0, 0.1) is 0 Å². The summed E-state index contributed by atoms with van der Waals surface area (Å²) in [7, 11) is 0. The molecule has 5 nitrogen and oxygen atoms in total. The molecule has 2 N–H and O–H groups in total. The highest BCUT2D eigenvalue weighted by molar-refractivity contribution is 6.33. The molecule has 3 aromatic rings. The number of aromatic amines is 1. The van der Waals surface area contributed by atoms with Gasteiger partial charge in [0.05, 0.1) is 21.6 Å². The summed E-state index contributed by atoms with van der Waals surface area (Å²) in [6.07, 6.45) is 0. The van der Waals surface area contributed by atoms with E-state index in [1.165, 1.54) is 0 Å². The van der Waals surface area contributed by atoms with Crippen LogP contribution >= 0.6 is 11.6 Å². The number of imidazole rings is 1. The molecular formula is C16H14ClN3O2. The molecule has 0 bridgehead atoms. The zero-order valence-corrected chi connectivity index (χ0v) is 12.4. The normalized spacial score (nSPS) is 10.8. The summed E-state index contributed by atoms with van der Waals surface area (Å²) in [6, 6.07) is 14.3. The van der Waals surface area contributed by atoms with Crippen molar-refractivity contribution < 1.29 is 4.79 Å². The molecule has 2 aromatic carbocycles. The van der Waals surface area contributed by atoms with Crippen molar-refractivity contribution in [3.05, 3.63) is 69.6 Å². The Hall–Kier alpha value is -2.53. The Labute approximate surface area is 131 Å². The average molecular weight is 316 g/mol. The molecule has 0 spiro atoms. The van der Waals surface area contributed by atoms with Crippen LogP contribution in [-0.4, -0.2) is 22.0 Å². The van der Waals surface area contributed by atoms with Gasteiger partial charge in [0.2, 0.25) is 0 Å². The maximum absolute atomic E-state index is 12.1. The molecule has 22 heavy (non-hydrogen) atoms. The van der Waals surface area contributed by atoms with Crippen molar-refractivity contribution in [2.45, 2.75) is 6.54 Å². The number of hydrogen-bond donors (Lipinski definition) is 2. The first-order valence-corrected chi connectivity index (χ1v) is 7.25. The van der Waals surface area contributed by atoms with E-state index < -0.39 is 0 Å². The van der Waals surface area contributed by atoms with Gasteiger partial charge in [-0.15, -0.1) is 0 Å². The van der Waals surface area contributed by atoms with E-state index in [2.05, 4.69) is 10.3 Å². The molecule has 1 aromatic heterocycles. The van der Waals surface area contributed by atoms with Gasteiger partial charge in [-0.25, -0.2) is 4.79 Å². The quantitative estimate of drug-likeness (QED) is 0.776. The minimum absolute atomic E-state index is 0.187. The van der Waals surface area contributed by atoms with Gasteiger partial charge in [0, 0.05) is 13.1 Å². The highest BCUT2D eigenvalue weighted by Crippen LogP contribution is 2.14. The summed E-state index contributed by atoms with van der Waals surface area (Å²) in [5.74, 6) is -0.251. The van der Waals surface area contributed by atoms with Crippen LogP contribution in [0.4, 0.5) is 0 Å². The van der Waals surface area contributed by atoms with Gasteiger partial charge in [-0.2, -0.15) is 0 Å². The summed E-state index contributed by atoms with van der Waals surface area (Å²) in [4.78, 5) is 26.7. The van der Waals surface area contributed by atoms with Crippen molar-refractivity contribution in [2.24, 2.45) is 0 Å². The topological polar surface area (TPSA) is 66.9 Å². The molecule has 0 aliphatic carbocycles. The summed E-state index contributed by atoms with van der Waals surface area (Å²) < 4.78 is 1.60. The monoisotopic (exact) mass is 315 g/mol. The van der Waals surface area contributed by atoms with Crippen LogP contribution in [0.1, 0.15) is 10.4 Å². The molecule has 0 saturated heterocycles. The molecule has 3 rings (SSSR count). The summed E-state index contributed by atoms with van der Waals surface area (Å²) in [5.41, 5.74) is 1.84. The van der Waals surface area contributed by atoms with E-state index in [1.54, 1.807) is 28.8 Å². The Morgan fingerprint density at radius 3 is 2.68 bits per heavy atom. The number of carbonyl (C=O) groups excluding carboxylic acids is 1. The molecule has 0 saturated carbocycles. The van der Waals surface area contributed by atoms with Crippen LogP contribution < -0.4 is 11.0 Å². The molecule has 112 valence electrons. The minimum atomic E-state index is -0.251. The number of H-pyrrole nitrogens is 1. The second-order valence-electron chi connectivity index (χ2n) is 4.83. The number of rotatable bonds is 4. The summed E-state index contributed by atoms with van der Waals surface area (Å²) in [5, 5.41) is 3.18. The third-order valence-electron chi connectivity index (χ3n) is 3.42. The first-order chi connectivity index (χ1) is 10.7. The van der Waals surface area contributed by atoms with Gasteiger partial charge in [0.1, 0.15) is 0 Å². The Balaban J connectivity index is 1.70. The molecule has 0 aliphatic heterocycles. The third-order valence-corrected chi connectivity index (χ3v) is 3.75. The number of fused-ring (bicyclic) bond motifs is 1. The predicted octanol–water partition coefficient (Wildman–Crippen LogP) is 2.41. The Kier molecular flexibility index (Phi) is 3.98. The zero-order chi connectivity index (χ0) is 15.5. The Bertz CT molecular complexity index is 882. The van der Waals surface area contributed by atoms with Crippen molar-refractivity contribution in [2.75, 3.05) is 6.54 Å². The largest absolute Gasteiger partial charge is 0.350 e. The molecule has 6 heteroatoms. The lowest BCUT2D eigenvalue weighted by Crippen LogP contribution is -2.30. The molecule has 1 heterocycles. The Morgan fingerprint density at radius 1 is 1.14 bits per heavy atom. The molecule has 0 aliphatic rings. The number of halogens is 1. The van der Waals surface area contributed by atoms with E-state index in [4.69, 9.17) is 11.6 Å². The first kappa shape index (κ1) is 14.4. The van der Waals surface area contributed by atoms with Crippen LogP contribution in [0.2, 0.25) is 5.02 Å². The SMILES string of the molecule is O=C(NCCn1c(=O)[nH]c2ccccc21)c1ccccc1Cl. The molecule has 0 radical (unpaired) electrons. The molecule has 0 unspecified atom stereocenters. The van der Waals surface area contributed by atoms with Gasteiger partial charge < -0.3 is 10.3 Å². The highest BCUT2D eigenvalue weighted by Gasteiger charge is 2.10. The lowest BCUT2D eigenvalue weighted by molar-refractivity contribution is 0.0952. The maximum atomic E-state index is 12.1. The minimum Gasteiger partial charge on any atom is -0.350 e. The number of nitrogens with zero attached hydrogens (tertiary/aromatic N) is 1. The predicted molar refractivity (Wildman–Crippen MR) is 86.3 cm³/mol. The van der Waals surface area contributed by atoms with Crippen molar-refractivity contribution in [3.8, 4) is 0 Å². The second-order valence-corrected chi connectivity index (χ2v) is 5.24. The second kappa shape index (κ2) is 6.07. The number of nitrogens with one attached hydrogen (secondary N) is 2. The fourth-order valence-corrected chi connectivity index (χ4v) is 2.57. The smallest absolute Gasteiger partial charge is 0.326 e. The average Bonchev–Trinajstić information content (AvgIpc) is 2.83. The molecule has 1 amide bonds. The van der Waals surface area contributed by atoms with Gasteiger partial charge in [-0.05, 0) is 24.3 Å². The third kappa shape index (κ3) is 2.76. The fourth-order valence-electron chi connectivity index (χ4n) is 2.35. The van der Waals surface area contributed by atoms with Crippen molar-refractivity contribution in [3.63, 3.8) is 0 Å². The van der Waals surface area contributed by atoms with E-state index in [1.807, 2.05) is 24.3 Å². The Morgan fingerprint density at radius 2 is 1.86 bits per heavy atom. The van der Waals surface area contributed by atoms with E-state index in [0.717, 1.165) is 11.0 Å². The summed E-state index contributed by atoms with van der Waals surface area (Å²) >= 11 is 5.98. The lowest BCUT2D eigenvalue weighted by Gasteiger charge is -2.07. The van der Waals surface area contributed by atoms with Crippen molar-refractivity contribution >= 4 is 28.5 Å². The van der Waals surface area contributed by atoms with E-state index in [9.17, 15) is 9.59 Å². The van der Waals surface area contributed by atoms with E-state index in [-0.39, 0.29) is 11.6 Å². The van der Waals surface area contributed by atoms with Gasteiger partial charge in [-0.1, -0.05) is 35.9 Å². The van der Waals surface area contributed by atoms with Crippen LogP contribution in [0.15, 0.2) is 53.3 Å². The number of aromatic nitrogens is 2. The van der Waals surface area contributed by atoms with Crippen LogP contribution in [0.5, 0.6) is 0 Å². The summed E-state index contributed by atoms with van der Waals surface area (Å²) in [6.45, 7) is 0.727. The number of hydrogen-bond acceptors (Lipinski definition) is 2. The lowest BCUT2D eigenvalue weighted by atomic mass is 10.2. The number of carbonyl (C=O) groups is 1. The number of benzene rings is 2. The number of para-hydroxylation sites is 2. The van der Waals surface area contributed by atoms with Gasteiger partial charge in [0.15, 0.2) is 0 Å². The molecule has 0 atom stereocenters. The zero-order valence-electron chi connectivity index (χ0n) is 11.7. The van der Waals surface area contributed by atoms with E-state index >= 15 is 0 Å². The molecule has 0 fully saturated rings. The van der Waals surface area contributed by atoms with Crippen molar-refractivity contribution in [1.82, 2.24) is 14.9 Å². The highest BCUT2D eigenvalue weighted by atomic mass is 35.5. The van der Waals surface area contributed by atoms with Gasteiger partial charge in [-0.3, -0.25) is 9.36 Å². The fraction of sp³-hybridized carbons (Fsp3) is 0.125. The number of amides is 1. The maximum Gasteiger partial charge on any atom is 0.326 e. The van der Waals surface area contributed by atoms with Crippen LogP contribution in [0.3, 0.4) is 0 Å².